The maximum absolute atomic E-state index is 14.1. The quantitative estimate of drug-likeness (QED) is 0.305. The van der Waals surface area contributed by atoms with Crippen LogP contribution in [0.2, 0.25) is 5.02 Å². The van der Waals surface area contributed by atoms with Crippen molar-refractivity contribution in [1.29, 1.82) is 0 Å². The van der Waals surface area contributed by atoms with E-state index in [1.807, 2.05) is 0 Å². The molecule has 0 aliphatic carbocycles. The zero-order valence-corrected chi connectivity index (χ0v) is 17.8. The van der Waals surface area contributed by atoms with E-state index in [4.69, 9.17) is 21.1 Å². The van der Waals surface area contributed by atoms with Crippen LogP contribution in [0.3, 0.4) is 0 Å². The summed E-state index contributed by atoms with van der Waals surface area (Å²) in [6.45, 7) is -0.706. The van der Waals surface area contributed by atoms with Gasteiger partial charge >= 0.3 is 6.18 Å². The molecular weight excluding hydrogens is 488 g/mol. The summed E-state index contributed by atoms with van der Waals surface area (Å²) in [5.74, 6) is -2.00. The zero-order chi connectivity index (χ0) is 21.7. The molecule has 0 aliphatic rings. The van der Waals surface area contributed by atoms with Gasteiger partial charge in [-0.2, -0.15) is 13.2 Å². The number of hydrogen-bond acceptors (Lipinski definition) is 2. The molecule has 8 heteroatoms. The summed E-state index contributed by atoms with van der Waals surface area (Å²) in [5, 5.41) is 0.352. The molecule has 3 aromatic rings. The number of rotatable bonds is 7. The monoisotopic (exact) mass is 502 g/mol. The molecule has 0 N–H and O–H groups in total. The third-order valence-corrected chi connectivity index (χ3v) is 5.04. The third-order valence-electron chi connectivity index (χ3n) is 4.26. The molecule has 158 valence electrons. The molecule has 0 saturated heterocycles. The number of benzene rings is 3. The fourth-order valence-corrected chi connectivity index (χ4v) is 3.11. The zero-order valence-electron chi connectivity index (χ0n) is 15.4. The Morgan fingerprint density at radius 2 is 1.60 bits per heavy atom. The van der Waals surface area contributed by atoms with Crippen molar-refractivity contribution in [3.05, 3.63) is 93.2 Å². The van der Waals surface area contributed by atoms with Gasteiger partial charge in [-0.3, -0.25) is 0 Å². The highest BCUT2D eigenvalue weighted by molar-refractivity contribution is 9.10. The third kappa shape index (κ3) is 6.20. The smallest absolute Gasteiger partial charge is 0.397 e. The van der Waals surface area contributed by atoms with Gasteiger partial charge in [0.05, 0.1) is 13.2 Å². The number of ether oxygens (including phenoxy) is 2. The summed E-state index contributed by atoms with van der Waals surface area (Å²) in [5.41, 5.74) is 0.547. The Kier molecular flexibility index (Phi) is 7.39. The molecule has 0 aliphatic heterocycles. The standard InChI is InChI=1S/C22H16BrClF4O2/c23-16-4-8-18(9-5-16)30-21-11-14(1-10-20(21)25)12-29-13-19(22(26,27)28)15-2-6-17(24)7-3-15/h1-11,19H,12-13H2. The SMILES string of the molecule is Fc1ccc(COCC(c2ccc(Cl)cc2)C(F)(F)F)cc1Oc1ccc(Br)cc1. The van der Waals surface area contributed by atoms with Gasteiger partial charge in [-0.15, -0.1) is 0 Å². The van der Waals surface area contributed by atoms with E-state index in [0.29, 0.717) is 16.3 Å². The number of alkyl halides is 3. The van der Waals surface area contributed by atoms with E-state index in [1.54, 1.807) is 24.3 Å². The molecule has 1 atom stereocenters. The highest BCUT2D eigenvalue weighted by Crippen LogP contribution is 2.36. The Labute approximate surface area is 184 Å². The maximum atomic E-state index is 14.1. The molecule has 0 bridgehead atoms. The Morgan fingerprint density at radius 3 is 2.23 bits per heavy atom. The number of hydrogen-bond donors (Lipinski definition) is 0. The molecule has 2 nitrogen and oxygen atoms in total. The van der Waals surface area contributed by atoms with Crippen molar-refractivity contribution in [1.82, 2.24) is 0 Å². The largest absolute Gasteiger partial charge is 0.454 e. The molecule has 0 radical (unpaired) electrons. The van der Waals surface area contributed by atoms with Crippen LogP contribution in [0, 0.1) is 5.82 Å². The van der Waals surface area contributed by atoms with Crippen molar-refractivity contribution in [2.75, 3.05) is 6.61 Å². The Balaban J connectivity index is 1.67. The lowest BCUT2D eigenvalue weighted by Gasteiger charge is -2.21. The first-order chi connectivity index (χ1) is 14.2. The minimum Gasteiger partial charge on any atom is -0.454 e. The molecule has 0 spiro atoms. The van der Waals surface area contributed by atoms with E-state index >= 15 is 0 Å². The second kappa shape index (κ2) is 9.81. The molecule has 3 rings (SSSR count). The molecule has 3 aromatic carbocycles. The Morgan fingerprint density at radius 1 is 0.933 bits per heavy atom. The molecule has 0 heterocycles. The normalized spacial score (nSPS) is 12.6. The topological polar surface area (TPSA) is 18.5 Å². The van der Waals surface area contributed by atoms with E-state index in [-0.39, 0.29) is 17.9 Å². The fourth-order valence-electron chi connectivity index (χ4n) is 2.71. The maximum Gasteiger partial charge on any atom is 0.397 e. The van der Waals surface area contributed by atoms with Crippen LogP contribution in [0.15, 0.2) is 71.2 Å². The highest BCUT2D eigenvalue weighted by Gasteiger charge is 2.40. The van der Waals surface area contributed by atoms with Crippen molar-refractivity contribution >= 4 is 27.5 Å². The van der Waals surface area contributed by atoms with Crippen LogP contribution in [-0.4, -0.2) is 12.8 Å². The van der Waals surface area contributed by atoms with Crippen LogP contribution >= 0.6 is 27.5 Å². The minimum atomic E-state index is -4.48. The Hall–Kier alpha value is -2.09. The number of halogens is 6. The van der Waals surface area contributed by atoms with Gasteiger partial charge in [0.15, 0.2) is 11.6 Å². The van der Waals surface area contributed by atoms with Crippen molar-refractivity contribution < 1.29 is 27.0 Å². The van der Waals surface area contributed by atoms with Gasteiger partial charge in [0.25, 0.3) is 0 Å². The summed E-state index contributed by atoms with van der Waals surface area (Å²) in [6, 6.07) is 16.3. The van der Waals surface area contributed by atoms with Crippen LogP contribution in [0.4, 0.5) is 17.6 Å². The first-order valence-electron chi connectivity index (χ1n) is 8.84. The lowest BCUT2D eigenvalue weighted by Crippen LogP contribution is -2.25. The van der Waals surface area contributed by atoms with E-state index in [1.165, 1.54) is 42.5 Å². The van der Waals surface area contributed by atoms with Gasteiger partial charge < -0.3 is 9.47 Å². The molecule has 1 unspecified atom stereocenters. The summed E-state index contributed by atoms with van der Waals surface area (Å²) >= 11 is 9.05. The molecule has 0 amide bonds. The van der Waals surface area contributed by atoms with Gasteiger partial charge in [-0.1, -0.05) is 45.7 Å². The van der Waals surface area contributed by atoms with E-state index in [9.17, 15) is 17.6 Å². The van der Waals surface area contributed by atoms with Crippen LogP contribution in [0.25, 0.3) is 0 Å². The molecule has 0 fully saturated rings. The highest BCUT2D eigenvalue weighted by atomic mass is 79.9. The minimum absolute atomic E-state index is 0.0384. The fraction of sp³-hybridized carbons (Fsp3) is 0.182. The molecule has 0 aromatic heterocycles. The lowest BCUT2D eigenvalue weighted by molar-refractivity contribution is -0.163. The predicted molar refractivity (Wildman–Crippen MR) is 111 cm³/mol. The van der Waals surface area contributed by atoms with Crippen molar-refractivity contribution in [3.63, 3.8) is 0 Å². The summed E-state index contributed by atoms with van der Waals surface area (Å²) < 4.78 is 66.0. The first kappa shape index (κ1) is 22.6. The van der Waals surface area contributed by atoms with Gasteiger partial charge in [-0.25, -0.2) is 4.39 Å². The summed E-state index contributed by atoms with van der Waals surface area (Å²) in [7, 11) is 0. The second-order valence-electron chi connectivity index (χ2n) is 6.48. The van der Waals surface area contributed by atoms with E-state index in [0.717, 1.165) is 4.47 Å². The van der Waals surface area contributed by atoms with Gasteiger partial charge in [-0.05, 0) is 59.7 Å². The van der Waals surface area contributed by atoms with E-state index in [2.05, 4.69) is 15.9 Å². The average Bonchev–Trinajstić information content (AvgIpc) is 2.69. The molecule has 30 heavy (non-hydrogen) atoms. The predicted octanol–water partition coefficient (Wildman–Crippen LogP) is 7.90. The second-order valence-corrected chi connectivity index (χ2v) is 7.83. The van der Waals surface area contributed by atoms with Crippen LogP contribution in [0.5, 0.6) is 11.5 Å². The molecular formula is C22H16BrClF4O2. The average molecular weight is 504 g/mol. The van der Waals surface area contributed by atoms with Gasteiger partial charge in [0.2, 0.25) is 0 Å². The summed E-state index contributed by atoms with van der Waals surface area (Å²) in [4.78, 5) is 0. The first-order valence-corrected chi connectivity index (χ1v) is 10.0. The molecule has 0 saturated carbocycles. The van der Waals surface area contributed by atoms with Crippen molar-refractivity contribution in [2.45, 2.75) is 18.7 Å². The summed E-state index contributed by atoms with van der Waals surface area (Å²) in [6.07, 6.45) is -4.48. The van der Waals surface area contributed by atoms with Crippen molar-refractivity contribution in [3.8, 4) is 11.5 Å². The van der Waals surface area contributed by atoms with E-state index < -0.39 is 24.5 Å². The van der Waals surface area contributed by atoms with Crippen LogP contribution in [0.1, 0.15) is 17.0 Å². The Bertz CT molecular complexity index is 976. The van der Waals surface area contributed by atoms with Gasteiger partial charge in [0, 0.05) is 9.50 Å². The van der Waals surface area contributed by atoms with Gasteiger partial charge in [0.1, 0.15) is 11.7 Å². The van der Waals surface area contributed by atoms with Crippen molar-refractivity contribution in [2.24, 2.45) is 0 Å². The van der Waals surface area contributed by atoms with Crippen LogP contribution in [-0.2, 0) is 11.3 Å². The van der Waals surface area contributed by atoms with Crippen LogP contribution < -0.4 is 4.74 Å². The lowest BCUT2D eigenvalue weighted by atomic mass is 9.99.